The largest absolute Gasteiger partial charge is 0.323 e. The van der Waals surface area contributed by atoms with Gasteiger partial charge in [0.1, 0.15) is 10.7 Å². The van der Waals surface area contributed by atoms with Crippen LogP contribution in [0.1, 0.15) is 0 Å². The second-order valence-electron chi connectivity index (χ2n) is 4.28. The third-order valence-electron chi connectivity index (χ3n) is 2.80. The zero-order chi connectivity index (χ0) is 15.0. The fraction of sp³-hybridized carbons (Fsp3) is 0. The van der Waals surface area contributed by atoms with Crippen LogP contribution in [0.3, 0.4) is 0 Å². The molecule has 2 aromatic carbocycles. The Balaban J connectivity index is 1.99. The fourth-order valence-corrected chi connectivity index (χ4v) is 3.23. The lowest BCUT2D eigenvalue weighted by Crippen LogP contribution is -2.15. The van der Waals surface area contributed by atoms with Crippen molar-refractivity contribution in [3.8, 4) is 0 Å². The van der Waals surface area contributed by atoms with E-state index in [0.717, 1.165) is 6.07 Å². The van der Waals surface area contributed by atoms with Crippen molar-refractivity contribution in [1.82, 2.24) is 9.97 Å². The van der Waals surface area contributed by atoms with Crippen LogP contribution in [-0.2, 0) is 10.0 Å². The summed E-state index contributed by atoms with van der Waals surface area (Å²) in [4.78, 5) is 6.47. The molecule has 2 N–H and O–H groups in total. The Morgan fingerprint density at radius 3 is 2.67 bits per heavy atom. The number of halogens is 2. The van der Waals surface area contributed by atoms with Gasteiger partial charge in [0, 0.05) is 4.47 Å². The van der Waals surface area contributed by atoms with Gasteiger partial charge in [-0.2, -0.15) is 0 Å². The van der Waals surface area contributed by atoms with Gasteiger partial charge in [-0.15, -0.1) is 0 Å². The van der Waals surface area contributed by atoms with Crippen molar-refractivity contribution < 1.29 is 12.8 Å². The van der Waals surface area contributed by atoms with Crippen molar-refractivity contribution in [2.75, 3.05) is 4.72 Å². The molecule has 0 aliphatic rings. The average molecular weight is 370 g/mol. The summed E-state index contributed by atoms with van der Waals surface area (Å²) in [5.74, 6) is -0.800. The first-order valence-corrected chi connectivity index (χ1v) is 8.16. The lowest BCUT2D eigenvalue weighted by atomic mass is 10.3. The van der Waals surface area contributed by atoms with Gasteiger partial charge in [-0.05, 0) is 30.3 Å². The number of imidazole rings is 1. The van der Waals surface area contributed by atoms with Gasteiger partial charge in [0.05, 0.1) is 11.0 Å². The van der Waals surface area contributed by atoms with Gasteiger partial charge in [0.25, 0.3) is 10.0 Å². The highest BCUT2D eigenvalue weighted by Crippen LogP contribution is 2.22. The second kappa shape index (κ2) is 5.12. The van der Waals surface area contributed by atoms with E-state index in [0.29, 0.717) is 15.5 Å². The number of aromatic amines is 1. The van der Waals surface area contributed by atoms with Gasteiger partial charge >= 0.3 is 0 Å². The molecule has 0 radical (unpaired) electrons. The Morgan fingerprint density at radius 1 is 1.19 bits per heavy atom. The molecule has 1 aromatic heterocycles. The molecule has 108 valence electrons. The smallest absolute Gasteiger partial charge is 0.267 e. The van der Waals surface area contributed by atoms with Gasteiger partial charge in [0.2, 0.25) is 5.95 Å². The minimum Gasteiger partial charge on any atom is -0.323 e. The maximum atomic E-state index is 13.8. The summed E-state index contributed by atoms with van der Waals surface area (Å²) in [6.07, 6.45) is 0. The summed E-state index contributed by atoms with van der Waals surface area (Å²) in [6.45, 7) is 0. The van der Waals surface area contributed by atoms with E-state index in [-0.39, 0.29) is 5.95 Å². The van der Waals surface area contributed by atoms with Gasteiger partial charge in [-0.25, -0.2) is 22.5 Å². The molecule has 0 atom stereocenters. The first kappa shape index (κ1) is 14.0. The fourth-order valence-electron chi connectivity index (χ4n) is 1.88. The number of benzene rings is 2. The molecule has 3 rings (SSSR count). The predicted molar refractivity (Wildman–Crippen MR) is 81.0 cm³/mol. The number of hydrogen-bond donors (Lipinski definition) is 2. The van der Waals surface area contributed by atoms with E-state index in [1.165, 1.54) is 12.1 Å². The maximum Gasteiger partial charge on any atom is 0.267 e. The third-order valence-corrected chi connectivity index (χ3v) is 4.67. The number of sulfonamides is 1. The average Bonchev–Trinajstić information content (AvgIpc) is 2.79. The highest BCUT2D eigenvalue weighted by atomic mass is 79.9. The van der Waals surface area contributed by atoms with Gasteiger partial charge in [-0.1, -0.05) is 28.1 Å². The topological polar surface area (TPSA) is 74.8 Å². The van der Waals surface area contributed by atoms with Crippen LogP contribution in [0, 0.1) is 5.82 Å². The van der Waals surface area contributed by atoms with Crippen molar-refractivity contribution in [2.24, 2.45) is 0 Å². The molecule has 0 aliphatic carbocycles. The number of H-pyrrole nitrogens is 1. The molecule has 0 bridgehead atoms. The molecule has 3 aromatic rings. The minimum absolute atomic E-state index is 0.0403. The summed E-state index contributed by atoms with van der Waals surface area (Å²) in [5.41, 5.74) is 1.30. The van der Waals surface area contributed by atoms with Crippen LogP contribution < -0.4 is 4.72 Å². The first-order valence-electron chi connectivity index (χ1n) is 5.88. The molecule has 0 aliphatic heterocycles. The van der Waals surface area contributed by atoms with E-state index >= 15 is 0 Å². The van der Waals surface area contributed by atoms with Crippen molar-refractivity contribution in [1.29, 1.82) is 0 Å². The molecular weight excluding hydrogens is 361 g/mol. The highest BCUT2D eigenvalue weighted by Gasteiger charge is 2.20. The van der Waals surface area contributed by atoms with Crippen LogP contribution in [0.15, 0.2) is 51.8 Å². The standard InChI is InChI=1S/C13H9BrFN3O2S/c14-8-5-6-12(9(15)7-8)21(19,20)18-13-16-10-3-1-2-4-11(10)17-13/h1-7H,(H2,16,17,18). The molecule has 0 saturated carbocycles. The van der Waals surface area contributed by atoms with Crippen LogP contribution in [-0.4, -0.2) is 18.4 Å². The molecule has 5 nitrogen and oxygen atoms in total. The second-order valence-corrected chi connectivity index (χ2v) is 6.85. The Bertz CT molecular complexity index is 891. The molecular formula is C13H9BrFN3O2S. The first-order chi connectivity index (χ1) is 9.95. The highest BCUT2D eigenvalue weighted by molar-refractivity contribution is 9.10. The van der Waals surface area contributed by atoms with E-state index in [1.807, 2.05) is 0 Å². The van der Waals surface area contributed by atoms with Gasteiger partial charge < -0.3 is 4.98 Å². The van der Waals surface area contributed by atoms with E-state index in [1.54, 1.807) is 24.3 Å². The van der Waals surface area contributed by atoms with Crippen molar-refractivity contribution in [3.05, 3.63) is 52.8 Å². The minimum atomic E-state index is -4.05. The number of para-hydroxylation sites is 2. The summed E-state index contributed by atoms with van der Waals surface area (Å²) < 4.78 is 40.8. The van der Waals surface area contributed by atoms with E-state index < -0.39 is 20.7 Å². The zero-order valence-electron chi connectivity index (χ0n) is 10.5. The predicted octanol–water partition coefficient (Wildman–Crippen LogP) is 3.27. The lowest BCUT2D eigenvalue weighted by molar-refractivity contribution is 0.569. The van der Waals surface area contributed by atoms with Crippen molar-refractivity contribution in [3.63, 3.8) is 0 Å². The molecule has 0 amide bonds. The molecule has 1 heterocycles. The van der Waals surface area contributed by atoms with Crippen LogP contribution in [0.25, 0.3) is 11.0 Å². The Hall–Kier alpha value is -1.93. The summed E-state index contributed by atoms with van der Waals surface area (Å²) in [6, 6.07) is 10.8. The molecule has 0 spiro atoms. The van der Waals surface area contributed by atoms with Crippen molar-refractivity contribution >= 4 is 42.9 Å². The van der Waals surface area contributed by atoms with Crippen LogP contribution in [0.2, 0.25) is 0 Å². The lowest BCUT2D eigenvalue weighted by Gasteiger charge is -2.06. The number of nitrogens with one attached hydrogen (secondary N) is 2. The quantitative estimate of drug-likeness (QED) is 0.743. The van der Waals surface area contributed by atoms with Gasteiger partial charge in [-0.3, -0.25) is 0 Å². The van der Waals surface area contributed by atoms with E-state index in [4.69, 9.17) is 0 Å². The molecule has 21 heavy (non-hydrogen) atoms. The monoisotopic (exact) mass is 369 g/mol. The molecule has 8 heteroatoms. The zero-order valence-corrected chi connectivity index (χ0v) is 12.9. The van der Waals surface area contributed by atoms with E-state index in [9.17, 15) is 12.8 Å². The Kier molecular flexibility index (Phi) is 3.42. The number of hydrogen-bond acceptors (Lipinski definition) is 3. The number of anilines is 1. The van der Waals surface area contributed by atoms with E-state index in [2.05, 4.69) is 30.6 Å². The van der Waals surface area contributed by atoms with Crippen LogP contribution in [0.5, 0.6) is 0 Å². The molecule has 0 unspecified atom stereocenters. The Labute approximate surface area is 128 Å². The summed E-state index contributed by atoms with van der Waals surface area (Å²) in [5, 5.41) is 0. The normalized spacial score (nSPS) is 11.7. The summed E-state index contributed by atoms with van der Waals surface area (Å²) in [7, 11) is -4.05. The molecule has 0 saturated heterocycles. The Morgan fingerprint density at radius 2 is 1.95 bits per heavy atom. The SMILES string of the molecule is O=S(=O)(Nc1nc2ccccc2[nH]1)c1ccc(Br)cc1F. The van der Waals surface area contributed by atoms with Crippen molar-refractivity contribution in [2.45, 2.75) is 4.90 Å². The van der Waals surface area contributed by atoms with Gasteiger partial charge in [0.15, 0.2) is 0 Å². The van der Waals surface area contributed by atoms with Crippen LogP contribution >= 0.6 is 15.9 Å². The third kappa shape index (κ3) is 2.77. The molecule has 0 fully saturated rings. The number of aromatic nitrogens is 2. The number of rotatable bonds is 3. The maximum absolute atomic E-state index is 13.8. The number of fused-ring (bicyclic) bond motifs is 1. The summed E-state index contributed by atoms with van der Waals surface area (Å²) >= 11 is 3.08. The van der Waals surface area contributed by atoms with Crippen LogP contribution in [0.4, 0.5) is 10.3 Å². The number of nitrogens with zero attached hydrogens (tertiary/aromatic N) is 1.